The first-order valence-electron chi connectivity index (χ1n) is 7.26. The summed E-state index contributed by atoms with van der Waals surface area (Å²) >= 11 is 1.41. The molecule has 0 aliphatic heterocycles. The first-order valence-corrected chi connectivity index (χ1v) is 8.25. The predicted octanol–water partition coefficient (Wildman–Crippen LogP) is 3.62. The number of nitrogens with one attached hydrogen (secondary N) is 1. The molecule has 4 nitrogen and oxygen atoms in total. The molecule has 0 saturated carbocycles. The van der Waals surface area contributed by atoms with E-state index in [4.69, 9.17) is 0 Å². The van der Waals surface area contributed by atoms with Crippen LogP contribution in [0.25, 0.3) is 10.9 Å². The number of hydrogen-bond donors (Lipinski definition) is 1. The van der Waals surface area contributed by atoms with Gasteiger partial charge in [-0.05, 0) is 29.8 Å². The number of thioether (sulfide) groups is 1. The summed E-state index contributed by atoms with van der Waals surface area (Å²) in [5.41, 5.74) is 4.05. The highest BCUT2D eigenvalue weighted by molar-refractivity contribution is 8.00. The summed E-state index contributed by atoms with van der Waals surface area (Å²) in [4.78, 5) is 17.2. The van der Waals surface area contributed by atoms with Crippen LogP contribution in [0.15, 0.2) is 70.8 Å². The molecule has 0 aliphatic carbocycles. The maximum Gasteiger partial charge on any atom is 0.250 e. The minimum atomic E-state index is -0.309. The maximum absolute atomic E-state index is 12.8. The Balaban J connectivity index is 1.56. The van der Waals surface area contributed by atoms with Gasteiger partial charge >= 0.3 is 0 Å². The third-order valence-corrected chi connectivity index (χ3v) is 4.27. The molecule has 1 aromatic heterocycles. The summed E-state index contributed by atoms with van der Waals surface area (Å²) in [7, 11) is 0. The number of hydrogen-bond acceptors (Lipinski definition) is 4. The average Bonchev–Trinajstić information content (AvgIpc) is 2.61. The van der Waals surface area contributed by atoms with Crippen molar-refractivity contribution in [2.75, 3.05) is 5.75 Å². The zero-order valence-electron chi connectivity index (χ0n) is 12.6. The van der Waals surface area contributed by atoms with Crippen LogP contribution in [0.1, 0.15) is 5.56 Å². The van der Waals surface area contributed by atoms with E-state index in [-0.39, 0.29) is 17.5 Å². The standard InChI is InChI=1S/C18H14FN3OS/c19-15-8-6-13(7-9-15)11-21-22-17(23)12-24-16-5-1-3-14-4-2-10-20-18(14)16/h1-11H,12H2,(H,22,23)/b21-11-. The highest BCUT2D eigenvalue weighted by Crippen LogP contribution is 2.25. The molecular weight excluding hydrogens is 325 g/mol. The van der Waals surface area contributed by atoms with E-state index in [1.165, 1.54) is 30.1 Å². The minimum Gasteiger partial charge on any atom is -0.272 e. The summed E-state index contributed by atoms with van der Waals surface area (Å²) < 4.78 is 12.8. The van der Waals surface area contributed by atoms with Gasteiger partial charge in [0.15, 0.2) is 0 Å². The number of carbonyl (C=O) groups is 1. The van der Waals surface area contributed by atoms with Gasteiger partial charge < -0.3 is 0 Å². The molecule has 24 heavy (non-hydrogen) atoms. The van der Waals surface area contributed by atoms with Crippen molar-refractivity contribution in [2.24, 2.45) is 5.10 Å². The van der Waals surface area contributed by atoms with Crippen LogP contribution in [-0.2, 0) is 4.79 Å². The van der Waals surface area contributed by atoms with Gasteiger partial charge in [0, 0.05) is 16.5 Å². The highest BCUT2D eigenvalue weighted by atomic mass is 32.2. The van der Waals surface area contributed by atoms with Crippen molar-refractivity contribution in [1.82, 2.24) is 10.4 Å². The summed E-state index contributed by atoms with van der Waals surface area (Å²) in [5, 5.41) is 4.91. The zero-order chi connectivity index (χ0) is 16.8. The molecule has 3 rings (SSSR count). The Labute approximate surface area is 142 Å². The number of carbonyl (C=O) groups excluding carboxylic acids is 1. The van der Waals surface area contributed by atoms with E-state index in [9.17, 15) is 9.18 Å². The zero-order valence-corrected chi connectivity index (χ0v) is 13.5. The van der Waals surface area contributed by atoms with Crippen molar-refractivity contribution < 1.29 is 9.18 Å². The quantitative estimate of drug-likeness (QED) is 0.439. The molecule has 1 N–H and O–H groups in total. The molecule has 6 heteroatoms. The van der Waals surface area contributed by atoms with Crippen molar-refractivity contribution in [1.29, 1.82) is 0 Å². The monoisotopic (exact) mass is 339 g/mol. The smallest absolute Gasteiger partial charge is 0.250 e. The molecule has 0 bridgehead atoms. The topological polar surface area (TPSA) is 54.4 Å². The molecule has 1 amide bonds. The first kappa shape index (κ1) is 16.1. The third kappa shape index (κ3) is 4.17. The van der Waals surface area contributed by atoms with Gasteiger partial charge in [-0.15, -0.1) is 11.8 Å². The molecule has 0 unspecified atom stereocenters. The van der Waals surface area contributed by atoms with Gasteiger partial charge in [0.2, 0.25) is 5.91 Å². The molecule has 120 valence electrons. The van der Waals surface area contributed by atoms with Crippen LogP contribution in [0.3, 0.4) is 0 Å². The van der Waals surface area contributed by atoms with Crippen LogP contribution >= 0.6 is 11.8 Å². The fraction of sp³-hybridized carbons (Fsp3) is 0.0556. The lowest BCUT2D eigenvalue weighted by Crippen LogP contribution is -2.19. The lowest BCUT2D eigenvalue weighted by molar-refractivity contribution is -0.118. The fourth-order valence-corrected chi connectivity index (χ4v) is 2.93. The van der Waals surface area contributed by atoms with E-state index < -0.39 is 0 Å². The fourth-order valence-electron chi connectivity index (χ4n) is 2.10. The Morgan fingerprint density at radius 2 is 1.96 bits per heavy atom. The van der Waals surface area contributed by atoms with Crippen molar-refractivity contribution in [3.05, 3.63) is 72.2 Å². The number of pyridine rings is 1. The molecule has 2 aromatic carbocycles. The van der Waals surface area contributed by atoms with Gasteiger partial charge in [0.1, 0.15) is 5.82 Å². The first-order chi connectivity index (χ1) is 11.7. The number of fused-ring (bicyclic) bond motifs is 1. The van der Waals surface area contributed by atoms with E-state index >= 15 is 0 Å². The Morgan fingerprint density at radius 1 is 1.17 bits per heavy atom. The maximum atomic E-state index is 12.8. The SMILES string of the molecule is O=C(CSc1cccc2cccnc12)N/N=C\c1ccc(F)cc1. The third-order valence-electron chi connectivity index (χ3n) is 3.23. The second-order valence-electron chi connectivity index (χ2n) is 4.96. The van der Waals surface area contributed by atoms with Crippen molar-refractivity contribution >= 4 is 34.8 Å². The normalized spacial score (nSPS) is 11.0. The lowest BCUT2D eigenvalue weighted by Gasteiger charge is -2.04. The lowest BCUT2D eigenvalue weighted by atomic mass is 10.2. The number of amides is 1. The van der Waals surface area contributed by atoms with E-state index in [2.05, 4.69) is 15.5 Å². The van der Waals surface area contributed by atoms with Crippen LogP contribution in [0.4, 0.5) is 4.39 Å². The number of aromatic nitrogens is 1. The Kier molecular flexibility index (Phi) is 5.18. The van der Waals surface area contributed by atoms with E-state index in [0.717, 1.165) is 15.8 Å². The number of para-hydroxylation sites is 1. The van der Waals surface area contributed by atoms with Crippen LogP contribution in [0, 0.1) is 5.82 Å². The summed E-state index contributed by atoms with van der Waals surface area (Å²) in [6.07, 6.45) is 3.21. The molecule has 0 aliphatic rings. The number of halogens is 1. The Hall–Kier alpha value is -2.73. The minimum absolute atomic E-state index is 0.216. The van der Waals surface area contributed by atoms with Crippen LogP contribution in [-0.4, -0.2) is 22.9 Å². The molecule has 0 radical (unpaired) electrons. The second kappa shape index (κ2) is 7.70. The van der Waals surface area contributed by atoms with Crippen molar-refractivity contribution in [3.8, 4) is 0 Å². The molecule has 1 heterocycles. The van der Waals surface area contributed by atoms with Gasteiger partial charge in [-0.2, -0.15) is 5.10 Å². The molecule has 0 fully saturated rings. The van der Waals surface area contributed by atoms with E-state index in [0.29, 0.717) is 5.56 Å². The summed E-state index contributed by atoms with van der Waals surface area (Å²) in [6.45, 7) is 0. The molecule has 0 atom stereocenters. The molecule has 0 spiro atoms. The van der Waals surface area contributed by atoms with Crippen LogP contribution in [0.5, 0.6) is 0 Å². The van der Waals surface area contributed by atoms with Crippen LogP contribution < -0.4 is 5.43 Å². The molecule has 3 aromatic rings. The van der Waals surface area contributed by atoms with Crippen LogP contribution in [0.2, 0.25) is 0 Å². The summed E-state index contributed by atoms with van der Waals surface area (Å²) in [5.74, 6) is -0.293. The van der Waals surface area contributed by atoms with E-state index in [1.807, 2.05) is 30.3 Å². The van der Waals surface area contributed by atoms with E-state index in [1.54, 1.807) is 18.3 Å². The highest BCUT2D eigenvalue weighted by Gasteiger charge is 2.05. The number of rotatable bonds is 5. The average molecular weight is 339 g/mol. The van der Waals surface area contributed by atoms with Gasteiger partial charge in [-0.3, -0.25) is 9.78 Å². The largest absolute Gasteiger partial charge is 0.272 e. The number of benzene rings is 2. The van der Waals surface area contributed by atoms with Gasteiger partial charge in [-0.25, -0.2) is 9.82 Å². The van der Waals surface area contributed by atoms with Crippen molar-refractivity contribution in [2.45, 2.75) is 4.90 Å². The van der Waals surface area contributed by atoms with Gasteiger partial charge in [0.25, 0.3) is 0 Å². The summed E-state index contributed by atoms with van der Waals surface area (Å²) in [6, 6.07) is 15.6. The Morgan fingerprint density at radius 3 is 2.79 bits per heavy atom. The predicted molar refractivity (Wildman–Crippen MR) is 94.6 cm³/mol. The number of nitrogens with zero attached hydrogens (tertiary/aromatic N) is 2. The molecular formula is C18H14FN3OS. The van der Waals surface area contributed by atoms with Gasteiger partial charge in [0.05, 0.1) is 17.5 Å². The van der Waals surface area contributed by atoms with Gasteiger partial charge in [-0.1, -0.05) is 30.3 Å². The second-order valence-corrected chi connectivity index (χ2v) is 5.98. The number of hydrazone groups is 1. The van der Waals surface area contributed by atoms with Crippen molar-refractivity contribution in [3.63, 3.8) is 0 Å². The molecule has 0 saturated heterocycles. The Bertz CT molecular complexity index is 876.